The van der Waals surface area contributed by atoms with Gasteiger partial charge in [0.05, 0.1) is 12.2 Å². The molecule has 0 spiro atoms. The topological polar surface area (TPSA) is 50.9 Å². The number of benzene rings is 1. The summed E-state index contributed by atoms with van der Waals surface area (Å²) in [6.45, 7) is 0. The quantitative estimate of drug-likeness (QED) is 0.454. The van der Waals surface area contributed by atoms with Gasteiger partial charge in [-0.25, -0.2) is 9.82 Å². The molecule has 6 heteroatoms. The highest BCUT2D eigenvalue weighted by Crippen LogP contribution is 2.28. The van der Waals surface area contributed by atoms with Crippen molar-refractivity contribution in [3.8, 4) is 0 Å². The van der Waals surface area contributed by atoms with Gasteiger partial charge in [0.2, 0.25) is 0 Å². The molecule has 3 nitrogen and oxygen atoms in total. The SMILES string of the molecule is NNC(c1cncc(F)c1)c1cc(Br)ccc1I. The molecule has 1 aromatic carbocycles. The van der Waals surface area contributed by atoms with Crippen molar-refractivity contribution < 1.29 is 4.39 Å². The predicted octanol–water partition coefficient (Wildman–Crippen LogP) is 3.14. The number of nitrogens with two attached hydrogens (primary N) is 1. The van der Waals surface area contributed by atoms with Crippen LogP contribution in [0.1, 0.15) is 17.2 Å². The Kier molecular flexibility index (Phi) is 4.66. The zero-order chi connectivity index (χ0) is 13.1. The maximum absolute atomic E-state index is 13.2. The Hall–Kier alpha value is -0.570. The van der Waals surface area contributed by atoms with Crippen LogP contribution in [0.4, 0.5) is 4.39 Å². The summed E-state index contributed by atoms with van der Waals surface area (Å²) in [7, 11) is 0. The van der Waals surface area contributed by atoms with Gasteiger partial charge < -0.3 is 0 Å². The van der Waals surface area contributed by atoms with Gasteiger partial charge in [0.25, 0.3) is 0 Å². The first-order valence-electron chi connectivity index (χ1n) is 5.13. The predicted molar refractivity (Wildman–Crippen MR) is 80.2 cm³/mol. The number of halogens is 3. The Balaban J connectivity index is 2.48. The van der Waals surface area contributed by atoms with E-state index in [4.69, 9.17) is 5.84 Å². The molecular formula is C12H10BrFIN3. The van der Waals surface area contributed by atoms with Crippen molar-refractivity contribution in [2.45, 2.75) is 6.04 Å². The van der Waals surface area contributed by atoms with E-state index in [2.05, 4.69) is 48.9 Å². The van der Waals surface area contributed by atoms with Gasteiger partial charge in [-0.15, -0.1) is 0 Å². The summed E-state index contributed by atoms with van der Waals surface area (Å²) in [6.07, 6.45) is 2.77. The molecule has 0 saturated heterocycles. The summed E-state index contributed by atoms with van der Waals surface area (Å²) in [5, 5.41) is 0. The second-order valence-electron chi connectivity index (χ2n) is 3.70. The fraction of sp³-hybridized carbons (Fsp3) is 0.0833. The molecule has 0 aliphatic heterocycles. The molecule has 94 valence electrons. The molecule has 1 atom stereocenters. The maximum Gasteiger partial charge on any atom is 0.141 e. The highest BCUT2D eigenvalue weighted by molar-refractivity contribution is 14.1. The van der Waals surface area contributed by atoms with E-state index in [1.54, 1.807) is 6.20 Å². The smallest absolute Gasteiger partial charge is 0.141 e. The molecule has 1 heterocycles. The number of rotatable bonds is 3. The molecule has 0 radical (unpaired) electrons. The van der Waals surface area contributed by atoms with Crippen LogP contribution < -0.4 is 11.3 Å². The van der Waals surface area contributed by atoms with E-state index < -0.39 is 0 Å². The molecule has 0 amide bonds. The van der Waals surface area contributed by atoms with Crippen LogP contribution in [0.2, 0.25) is 0 Å². The average molecular weight is 422 g/mol. The van der Waals surface area contributed by atoms with Crippen LogP contribution in [0.3, 0.4) is 0 Å². The third-order valence-corrected chi connectivity index (χ3v) is 3.97. The highest BCUT2D eigenvalue weighted by Gasteiger charge is 2.16. The second-order valence-corrected chi connectivity index (χ2v) is 5.78. The van der Waals surface area contributed by atoms with Crippen LogP contribution in [0, 0.1) is 9.39 Å². The number of nitrogens with zero attached hydrogens (tertiary/aromatic N) is 1. The minimum Gasteiger partial charge on any atom is -0.271 e. The Labute approximate surface area is 126 Å². The van der Waals surface area contributed by atoms with Gasteiger partial charge >= 0.3 is 0 Å². The molecule has 0 aliphatic carbocycles. The van der Waals surface area contributed by atoms with E-state index in [0.29, 0.717) is 5.56 Å². The van der Waals surface area contributed by atoms with Gasteiger partial charge in [-0.05, 0) is 58.0 Å². The standard InChI is InChI=1S/C12H10BrFIN3/c13-8-1-2-11(15)10(4-8)12(18-16)7-3-9(14)6-17-5-7/h1-6,12,18H,16H2. The van der Waals surface area contributed by atoms with Gasteiger partial charge in [0, 0.05) is 14.2 Å². The summed E-state index contributed by atoms with van der Waals surface area (Å²) >= 11 is 5.64. The highest BCUT2D eigenvalue weighted by atomic mass is 127. The number of hydrogen-bond acceptors (Lipinski definition) is 3. The molecule has 2 aromatic rings. The molecule has 0 saturated carbocycles. The number of pyridine rings is 1. The van der Waals surface area contributed by atoms with Crippen LogP contribution in [-0.2, 0) is 0 Å². The van der Waals surface area contributed by atoms with Gasteiger partial charge in [0.15, 0.2) is 0 Å². The van der Waals surface area contributed by atoms with Gasteiger partial charge in [-0.3, -0.25) is 10.8 Å². The third kappa shape index (κ3) is 3.05. The lowest BCUT2D eigenvalue weighted by Crippen LogP contribution is -2.29. The monoisotopic (exact) mass is 421 g/mol. The van der Waals surface area contributed by atoms with Crippen LogP contribution in [0.15, 0.2) is 41.1 Å². The van der Waals surface area contributed by atoms with Crippen LogP contribution in [-0.4, -0.2) is 4.98 Å². The Bertz CT molecular complexity index is 565. The van der Waals surface area contributed by atoms with Crippen molar-refractivity contribution in [2.24, 2.45) is 5.84 Å². The van der Waals surface area contributed by atoms with Crippen LogP contribution >= 0.6 is 38.5 Å². The second kappa shape index (κ2) is 6.05. The Morgan fingerprint density at radius 2 is 2.11 bits per heavy atom. The van der Waals surface area contributed by atoms with E-state index in [1.165, 1.54) is 12.3 Å². The Morgan fingerprint density at radius 1 is 1.33 bits per heavy atom. The van der Waals surface area contributed by atoms with Crippen molar-refractivity contribution in [1.29, 1.82) is 0 Å². The molecule has 2 rings (SSSR count). The van der Waals surface area contributed by atoms with Crippen LogP contribution in [0.5, 0.6) is 0 Å². The van der Waals surface area contributed by atoms with Crippen molar-refractivity contribution in [3.63, 3.8) is 0 Å². The summed E-state index contributed by atoms with van der Waals surface area (Å²) in [6, 6.07) is 7.00. The molecule has 3 N–H and O–H groups in total. The normalized spacial score (nSPS) is 12.4. The zero-order valence-electron chi connectivity index (χ0n) is 9.20. The summed E-state index contributed by atoms with van der Waals surface area (Å²) in [5.41, 5.74) is 4.36. The van der Waals surface area contributed by atoms with Gasteiger partial charge in [-0.2, -0.15) is 0 Å². The molecule has 0 fully saturated rings. The van der Waals surface area contributed by atoms with Crippen molar-refractivity contribution in [3.05, 3.63) is 61.6 Å². The summed E-state index contributed by atoms with van der Waals surface area (Å²) < 4.78 is 15.2. The Morgan fingerprint density at radius 3 is 2.78 bits per heavy atom. The van der Waals surface area contributed by atoms with Crippen molar-refractivity contribution >= 4 is 38.5 Å². The first-order chi connectivity index (χ1) is 8.61. The third-order valence-electron chi connectivity index (χ3n) is 2.50. The lowest BCUT2D eigenvalue weighted by Gasteiger charge is -2.18. The van der Waals surface area contributed by atoms with E-state index in [-0.39, 0.29) is 11.9 Å². The number of hydrazine groups is 1. The average Bonchev–Trinajstić information content (AvgIpc) is 2.35. The minimum absolute atomic E-state index is 0.294. The lowest BCUT2D eigenvalue weighted by molar-refractivity contribution is 0.597. The number of nitrogens with one attached hydrogen (secondary N) is 1. The first-order valence-corrected chi connectivity index (χ1v) is 7.00. The zero-order valence-corrected chi connectivity index (χ0v) is 12.9. The maximum atomic E-state index is 13.2. The molecule has 1 aromatic heterocycles. The summed E-state index contributed by atoms with van der Waals surface area (Å²) in [4.78, 5) is 3.85. The first kappa shape index (κ1) is 13.9. The van der Waals surface area contributed by atoms with E-state index >= 15 is 0 Å². The summed E-state index contributed by atoms with van der Waals surface area (Å²) in [5.74, 6) is 5.21. The molecule has 0 aliphatic rings. The van der Waals surface area contributed by atoms with Crippen molar-refractivity contribution in [1.82, 2.24) is 10.4 Å². The van der Waals surface area contributed by atoms with Crippen molar-refractivity contribution in [2.75, 3.05) is 0 Å². The van der Waals surface area contributed by atoms with Crippen LogP contribution in [0.25, 0.3) is 0 Å². The van der Waals surface area contributed by atoms with Gasteiger partial charge in [-0.1, -0.05) is 15.9 Å². The van der Waals surface area contributed by atoms with E-state index in [0.717, 1.165) is 13.6 Å². The molecule has 18 heavy (non-hydrogen) atoms. The van der Waals surface area contributed by atoms with Gasteiger partial charge in [0.1, 0.15) is 5.82 Å². The molecular weight excluding hydrogens is 412 g/mol. The molecule has 0 bridgehead atoms. The minimum atomic E-state index is -0.377. The number of aromatic nitrogens is 1. The largest absolute Gasteiger partial charge is 0.271 e. The number of hydrogen-bond donors (Lipinski definition) is 2. The fourth-order valence-corrected chi connectivity index (χ4v) is 2.71. The van der Waals surface area contributed by atoms with E-state index in [1.807, 2.05) is 18.2 Å². The lowest BCUT2D eigenvalue weighted by atomic mass is 10.0. The van der Waals surface area contributed by atoms with E-state index in [9.17, 15) is 4.39 Å². The fourth-order valence-electron chi connectivity index (χ4n) is 1.69. The molecule has 1 unspecified atom stereocenters.